The van der Waals surface area contributed by atoms with E-state index in [-0.39, 0.29) is 5.75 Å². The van der Waals surface area contributed by atoms with Crippen molar-refractivity contribution >= 4 is 9.84 Å². The molecule has 0 aliphatic carbocycles. The molecule has 0 spiro atoms. The summed E-state index contributed by atoms with van der Waals surface area (Å²) in [5, 5.41) is 13.1. The van der Waals surface area contributed by atoms with Gasteiger partial charge in [-0.2, -0.15) is 0 Å². The van der Waals surface area contributed by atoms with Gasteiger partial charge in [0.15, 0.2) is 9.84 Å². The number of sulfone groups is 1. The van der Waals surface area contributed by atoms with Gasteiger partial charge in [0.25, 0.3) is 0 Å². The molecule has 1 unspecified atom stereocenters. The number of hydrogen-bond donors (Lipinski definition) is 2. The SMILES string of the molecule is CC(C)NCC(O)c1ccc(CS(C)(=O)=O)cc1. The lowest BCUT2D eigenvalue weighted by molar-refractivity contribution is 0.171. The average molecular weight is 271 g/mol. The molecule has 1 aromatic rings. The second-order valence-corrected chi connectivity index (χ2v) is 7.03. The molecule has 1 rings (SSSR count). The molecule has 18 heavy (non-hydrogen) atoms. The van der Waals surface area contributed by atoms with Crippen molar-refractivity contribution < 1.29 is 13.5 Å². The molecule has 1 atom stereocenters. The Balaban J connectivity index is 2.65. The van der Waals surface area contributed by atoms with Gasteiger partial charge >= 0.3 is 0 Å². The Hall–Kier alpha value is -0.910. The van der Waals surface area contributed by atoms with Crippen LogP contribution in [0, 0.1) is 0 Å². The number of aliphatic hydroxyl groups excluding tert-OH is 1. The first kappa shape index (κ1) is 15.1. The molecule has 1 aromatic carbocycles. The smallest absolute Gasteiger partial charge is 0.151 e. The first-order chi connectivity index (χ1) is 8.28. The number of nitrogens with one attached hydrogen (secondary N) is 1. The summed E-state index contributed by atoms with van der Waals surface area (Å²) in [4.78, 5) is 0. The van der Waals surface area contributed by atoms with Crippen molar-refractivity contribution in [1.82, 2.24) is 5.32 Å². The minimum atomic E-state index is -3.01. The molecule has 0 heterocycles. The van der Waals surface area contributed by atoms with E-state index in [4.69, 9.17) is 0 Å². The predicted octanol–water partition coefficient (Wildman–Crippen LogP) is 1.26. The van der Waals surface area contributed by atoms with Crippen molar-refractivity contribution in [1.29, 1.82) is 0 Å². The Morgan fingerprint density at radius 3 is 2.22 bits per heavy atom. The highest BCUT2D eigenvalue weighted by Crippen LogP contribution is 2.14. The van der Waals surface area contributed by atoms with Gasteiger partial charge in [-0.25, -0.2) is 8.42 Å². The first-order valence-electron chi connectivity index (χ1n) is 5.96. The van der Waals surface area contributed by atoms with Gasteiger partial charge in [0.1, 0.15) is 0 Å². The molecule has 0 aliphatic rings. The number of rotatable bonds is 6. The summed E-state index contributed by atoms with van der Waals surface area (Å²) in [6, 6.07) is 7.36. The third kappa shape index (κ3) is 5.62. The van der Waals surface area contributed by atoms with Crippen LogP contribution in [0.3, 0.4) is 0 Å². The van der Waals surface area contributed by atoms with E-state index in [0.717, 1.165) is 11.1 Å². The van der Waals surface area contributed by atoms with Gasteiger partial charge in [0.2, 0.25) is 0 Å². The van der Waals surface area contributed by atoms with E-state index in [1.54, 1.807) is 24.3 Å². The van der Waals surface area contributed by atoms with Crippen molar-refractivity contribution in [3.8, 4) is 0 Å². The van der Waals surface area contributed by atoms with E-state index in [1.165, 1.54) is 6.26 Å². The Morgan fingerprint density at radius 1 is 1.22 bits per heavy atom. The number of benzene rings is 1. The van der Waals surface area contributed by atoms with Crippen LogP contribution in [-0.4, -0.2) is 32.4 Å². The third-order valence-corrected chi connectivity index (χ3v) is 3.37. The summed E-state index contributed by atoms with van der Waals surface area (Å²) >= 11 is 0. The van der Waals surface area contributed by atoms with Crippen molar-refractivity contribution in [3.05, 3.63) is 35.4 Å². The van der Waals surface area contributed by atoms with Gasteiger partial charge in [-0.05, 0) is 11.1 Å². The van der Waals surface area contributed by atoms with Crippen molar-refractivity contribution in [2.45, 2.75) is 31.7 Å². The van der Waals surface area contributed by atoms with Gasteiger partial charge in [-0.1, -0.05) is 38.1 Å². The van der Waals surface area contributed by atoms with Crippen LogP contribution in [0.2, 0.25) is 0 Å². The van der Waals surface area contributed by atoms with E-state index in [0.29, 0.717) is 12.6 Å². The minimum Gasteiger partial charge on any atom is -0.387 e. The summed E-state index contributed by atoms with van der Waals surface area (Å²) < 4.78 is 22.3. The minimum absolute atomic E-state index is 0.0353. The third-order valence-electron chi connectivity index (χ3n) is 2.51. The van der Waals surface area contributed by atoms with Gasteiger partial charge in [0.05, 0.1) is 11.9 Å². The molecule has 0 radical (unpaired) electrons. The molecule has 0 saturated carbocycles. The summed E-state index contributed by atoms with van der Waals surface area (Å²) in [6.45, 7) is 4.52. The lowest BCUT2D eigenvalue weighted by atomic mass is 10.1. The molecule has 4 nitrogen and oxygen atoms in total. The van der Waals surface area contributed by atoms with Crippen LogP contribution in [0.4, 0.5) is 0 Å². The maximum absolute atomic E-state index is 11.1. The van der Waals surface area contributed by atoms with Crippen LogP contribution in [0.15, 0.2) is 24.3 Å². The van der Waals surface area contributed by atoms with Crippen LogP contribution >= 0.6 is 0 Å². The van der Waals surface area contributed by atoms with Crippen LogP contribution in [0.1, 0.15) is 31.1 Å². The standard InChI is InChI=1S/C13H21NO3S/c1-10(2)14-8-13(15)12-6-4-11(5-7-12)9-18(3,16)17/h4-7,10,13-15H,8-9H2,1-3H3. The summed E-state index contributed by atoms with van der Waals surface area (Å²) in [5.74, 6) is 0.0353. The molecule has 0 saturated heterocycles. The van der Waals surface area contributed by atoms with Crippen molar-refractivity contribution in [2.75, 3.05) is 12.8 Å². The van der Waals surface area contributed by atoms with Crippen LogP contribution in [-0.2, 0) is 15.6 Å². The monoisotopic (exact) mass is 271 g/mol. The summed E-state index contributed by atoms with van der Waals surface area (Å²) in [6.07, 6.45) is 0.641. The second-order valence-electron chi connectivity index (χ2n) is 4.89. The lowest BCUT2D eigenvalue weighted by Gasteiger charge is -2.14. The van der Waals surface area contributed by atoms with Crippen LogP contribution < -0.4 is 5.32 Å². The Bertz CT molecular complexity index is 466. The Kier molecular flexibility index (Phi) is 5.31. The number of aliphatic hydroxyl groups is 1. The second kappa shape index (κ2) is 6.31. The van der Waals surface area contributed by atoms with E-state index >= 15 is 0 Å². The molecular formula is C13H21NO3S. The fraction of sp³-hybridized carbons (Fsp3) is 0.538. The molecule has 102 valence electrons. The fourth-order valence-corrected chi connectivity index (χ4v) is 2.40. The van der Waals surface area contributed by atoms with Crippen LogP contribution in [0.5, 0.6) is 0 Å². The molecular weight excluding hydrogens is 250 g/mol. The summed E-state index contributed by atoms with van der Waals surface area (Å²) in [7, 11) is -3.01. The maximum Gasteiger partial charge on any atom is 0.151 e. The average Bonchev–Trinajstić information content (AvgIpc) is 2.24. The topological polar surface area (TPSA) is 66.4 Å². The van der Waals surface area contributed by atoms with Crippen molar-refractivity contribution in [3.63, 3.8) is 0 Å². The first-order valence-corrected chi connectivity index (χ1v) is 8.02. The number of hydrogen-bond acceptors (Lipinski definition) is 4. The highest BCUT2D eigenvalue weighted by molar-refractivity contribution is 7.89. The molecule has 5 heteroatoms. The summed E-state index contributed by atoms with van der Waals surface area (Å²) in [5.41, 5.74) is 1.53. The van der Waals surface area contributed by atoms with E-state index < -0.39 is 15.9 Å². The molecule has 0 fully saturated rings. The van der Waals surface area contributed by atoms with Gasteiger partial charge < -0.3 is 10.4 Å². The predicted molar refractivity (Wildman–Crippen MR) is 73.1 cm³/mol. The highest BCUT2D eigenvalue weighted by atomic mass is 32.2. The molecule has 0 aromatic heterocycles. The van der Waals surface area contributed by atoms with Crippen LogP contribution in [0.25, 0.3) is 0 Å². The van der Waals surface area contributed by atoms with Gasteiger partial charge in [-0.15, -0.1) is 0 Å². The zero-order valence-electron chi connectivity index (χ0n) is 11.1. The van der Waals surface area contributed by atoms with E-state index in [2.05, 4.69) is 5.32 Å². The fourth-order valence-electron chi connectivity index (χ4n) is 1.60. The van der Waals surface area contributed by atoms with Gasteiger partial charge in [0, 0.05) is 18.8 Å². The maximum atomic E-state index is 11.1. The zero-order valence-corrected chi connectivity index (χ0v) is 11.9. The largest absolute Gasteiger partial charge is 0.387 e. The molecule has 0 amide bonds. The Labute approximate surface area is 109 Å². The normalized spacial score (nSPS) is 13.8. The van der Waals surface area contributed by atoms with E-state index in [9.17, 15) is 13.5 Å². The molecule has 0 aliphatic heterocycles. The van der Waals surface area contributed by atoms with Crippen molar-refractivity contribution in [2.24, 2.45) is 0 Å². The van der Waals surface area contributed by atoms with E-state index in [1.807, 2.05) is 13.8 Å². The molecule has 2 N–H and O–H groups in total. The lowest BCUT2D eigenvalue weighted by Crippen LogP contribution is -2.27. The Morgan fingerprint density at radius 2 is 1.78 bits per heavy atom. The van der Waals surface area contributed by atoms with Gasteiger partial charge in [-0.3, -0.25) is 0 Å². The highest BCUT2D eigenvalue weighted by Gasteiger charge is 2.09. The zero-order chi connectivity index (χ0) is 13.8. The quantitative estimate of drug-likeness (QED) is 0.817. The molecule has 0 bridgehead atoms.